The Bertz CT molecular complexity index is 883. The maximum Gasteiger partial charge on any atom is 0.387 e. The van der Waals surface area contributed by atoms with Crippen LogP contribution >= 0.6 is 0 Å². The molecular formula is C21H22F2N2O4. The Morgan fingerprint density at radius 3 is 2.41 bits per heavy atom. The number of benzene rings is 2. The van der Waals surface area contributed by atoms with Gasteiger partial charge in [0.2, 0.25) is 11.8 Å². The van der Waals surface area contributed by atoms with E-state index in [4.69, 9.17) is 4.74 Å². The third-order valence-corrected chi connectivity index (χ3v) is 3.91. The molecule has 0 atom stereocenters. The summed E-state index contributed by atoms with van der Waals surface area (Å²) in [6.45, 7) is 0.510. The highest BCUT2D eigenvalue weighted by Gasteiger charge is 2.11. The number of halogens is 2. The summed E-state index contributed by atoms with van der Waals surface area (Å²) in [6.07, 6.45) is 2.84. The van der Waals surface area contributed by atoms with Gasteiger partial charge in [-0.3, -0.25) is 9.59 Å². The van der Waals surface area contributed by atoms with E-state index in [1.165, 1.54) is 42.2 Å². The van der Waals surface area contributed by atoms with Crippen molar-refractivity contribution in [2.45, 2.75) is 20.5 Å². The molecule has 29 heavy (non-hydrogen) atoms. The van der Waals surface area contributed by atoms with E-state index in [2.05, 4.69) is 10.1 Å². The van der Waals surface area contributed by atoms with Gasteiger partial charge in [-0.25, -0.2) is 0 Å². The number of hydrogen-bond acceptors (Lipinski definition) is 4. The molecule has 2 rings (SSSR count). The van der Waals surface area contributed by atoms with Crippen LogP contribution in [-0.2, 0) is 9.59 Å². The molecule has 0 aliphatic carbocycles. The normalized spacial score (nSPS) is 10.8. The van der Waals surface area contributed by atoms with E-state index >= 15 is 0 Å². The van der Waals surface area contributed by atoms with Crippen molar-refractivity contribution < 1.29 is 27.8 Å². The van der Waals surface area contributed by atoms with E-state index in [1.807, 2.05) is 0 Å². The first-order valence-corrected chi connectivity index (χ1v) is 8.85. The van der Waals surface area contributed by atoms with Crippen LogP contribution in [0, 0.1) is 0 Å². The molecule has 0 heterocycles. The van der Waals surface area contributed by atoms with Gasteiger partial charge >= 0.3 is 6.61 Å². The number of amides is 2. The third kappa shape index (κ3) is 6.60. The van der Waals surface area contributed by atoms with Crippen LogP contribution in [0.15, 0.2) is 48.5 Å². The smallest absolute Gasteiger partial charge is 0.387 e. The fraction of sp³-hybridized carbons (Fsp3) is 0.238. The molecule has 6 nitrogen and oxygen atoms in total. The Morgan fingerprint density at radius 2 is 1.83 bits per heavy atom. The maximum absolute atomic E-state index is 12.4. The molecule has 0 fully saturated rings. The van der Waals surface area contributed by atoms with Gasteiger partial charge in [0.1, 0.15) is 0 Å². The Labute approximate surface area is 167 Å². The predicted octanol–water partition coefficient (Wildman–Crippen LogP) is 4.32. The predicted molar refractivity (Wildman–Crippen MR) is 107 cm³/mol. The number of nitrogens with one attached hydrogen (secondary N) is 1. The molecular weight excluding hydrogens is 382 g/mol. The molecule has 2 aromatic carbocycles. The molecule has 0 saturated carbocycles. The SMILES string of the molecule is CCOc1cc(/C=C/C(=O)Nc2ccc(N(C)C(C)=O)cc2)ccc1OC(F)F. The molecule has 0 saturated heterocycles. The summed E-state index contributed by atoms with van der Waals surface area (Å²) < 4.78 is 34.6. The molecule has 8 heteroatoms. The summed E-state index contributed by atoms with van der Waals surface area (Å²) in [7, 11) is 1.66. The van der Waals surface area contributed by atoms with Crippen LogP contribution in [0.3, 0.4) is 0 Å². The van der Waals surface area contributed by atoms with E-state index in [9.17, 15) is 18.4 Å². The van der Waals surface area contributed by atoms with Gasteiger partial charge in [0.25, 0.3) is 0 Å². The van der Waals surface area contributed by atoms with Gasteiger partial charge in [-0.05, 0) is 55.0 Å². The monoisotopic (exact) mass is 404 g/mol. The number of nitrogens with zero attached hydrogens (tertiary/aromatic N) is 1. The average Bonchev–Trinajstić information content (AvgIpc) is 2.68. The van der Waals surface area contributed by atoms with Crippen molar-refractivity contribution in [3.63, 3.8) is 0 Å². The van der Waals surface area contributed by atoms with Gasteiger partial charge in [-0.15, -0.1) is 0 Å². The topological polar surface area (TPSA) is 67.9 Å². The first kappa shape index (κ1) is 21.9. The molecule has 0 aliphatic rings. The van der Waals surface area contributed by atoms with Crippen LogP contribution in [0.2, 0.25) is 0 Å². The lowest BCUT2D eigenvalue weighted by molar-refractivity contribution is -0.116. The molecule has 0 bridgehead atoms. The zero-order chi connectivity index (χ0) is 21.4. The summed E-state index contributed by atoms with van der Waals surface area (Å²) in [5.41, 5.74) is 1.86. The van der Waals surface area contributed by atoms with Crippen LogP contribution in [0.5, 0.6) is 11.5 Å². The average molecular weight is 404 g/mol. The summed E-state index contributed by atoms with van der Waals surface area (Å²) in [4.78, 5) is 25.0. The number of rotatable bonds is 8. The van der Waals surface area contributed by atoms with Crippen molar-refractivity contribution in [3.8, 4) is 11.5 Å². The maximum atomic E-state index is 12.4. The van der Waals surface area contributed by atoms with Crippen molar-refractivity contribution in [1.29, 1.82) is 0 Å². The zero-order valence-corrected chi connectivity index (χ0v) is 16.3. The second kappa shape index (κ2) is 10.2. The molecule has 1 N–H and O–H groups in total. The van der Waals surface area contributed by atoms with E-state index in [1.54, 1.807) is 38.2 Å². The molecule has 2 amide bonds. The number of alkyl halides is 2. The Morgan fingerprint density at radius 1 is 1.14 bits per heavy atom. The van der Waals surface area contributed by atoms with Crippen molar-refractivity contribution in [1.82, 2.24) is 0 Å². The molecule has 0 aliphatic heterocycles. The van der Waals surface area contributed by atoms with Crippen LogP contribution in [0.4, 0.5) is 20.2 Å². The van der Waals surface area contributed by atoms with Gasteiger partial charge in [-0.2, -0.15) is 8.78 Å². The van der Waals surface area contributed by atoms with Crippen LogP contribution in [0.25, 0.3) is 6.08 Å². The zero-order valence-electron chi connectivity index (χ0n) is 16.3. The van der Waals surface area contributed by atoms with E-state index in [0.29, 0.717) is 16.9 Å². The van der Waals surface area contributed by atoms with Gasteiger partial charge in [0.15, 0.2) is 11.5 Å². The first-order chi connectivity index (χ1) is 13.8. The molecule has 0 aromatic heterocycles. The minimum atomic E-state index is -2.96. The van der Waals surface area contributed by atoms with Gasteiger partial charge in [-0.1, -0.05) is 6.07 Å². The van der Waals surface area contributed by atoms with Gasteiger partial charge in [0.05, 0.1) is 6.61 Å². The lowest BCUT2D eigenvalue weighted by Crippen LogP contribution is -2.22. The van der Waals surface area contributed by atoms with Crippen molar-refractivity contribution >= 4 is 29.3 Å². The number of carbonyl (C=O) groups is 2. The quantitative estimate of drug-likeness (QED) is 0.666. The van der Waals surface area contributed by atoms with E-state index in [0.717, 1.165) is 0 Å². The molecule has 2 aromatic rings. The fourth-order valence-corrected chi connectivity index (χ4v) is 2.40. The summed E-state index contributed by atoms with van der Waals surface area (Å²) >= 11 is 0. The van der Waals surface area contributed by atoms with Crippen LogP contribution in [-0.4, -0.2) is 32.1 Å². The highest BCUT2D eigenvalue weighted by atomic mass is 19.3. The summed E-state index contributed by atoms with van der Waals surface area (Å²) in [6, 6.07) is 11.2. The summed E-state index contributed by atoms with van der Waals surface area (Å²) in [5.74, 6) is -0.371. The second-order valence-corrected chi connectivity index (χ2v) is 5.97. The van der Waals surface area contributed by atoms with Crippen molar-refractivity contribution in [2.75, 3.05) is 23.9 Å². The molecule has 154 valence electrons. The minimum Gasteiger partial charge on any atom is -0.490 e. The van der Waals surface area contributed by atoms with E-state index < -0.39 is 6.61 Å². The highest BCUT2D eigenvalue weighted by Crippen LogP contribution is 2.30. The molecule has 0 unspecified atom stereocenters. The Kier molecular flexibility index (Phi) is 7.70. The molecule has 0 radical (unpaired) electrons. The Hall–Kier alpha value is -3.42. The van der Waals surface area contributed by atoms with Gasteiger partial charge < -0.3 is 19.7 Å². The lowest BCUT2D eigenvalue weighted by Gasteiger charge is -2.15. The number of anilines is 2. The van der Waals surface area contributed by atoms with E-state index in [-0.39, 0.29) is 29.9 Å². The highest BCUT2D eigenvalue weighted by molar-refractivity contribution is 6.02. The number of ether oxygens (including phenoxy) is 2. The minimum absolute atomic E-state index is 0.0703. The largest absolute Gasteiger partial charge is 0.490 e. The second-order valence-electron chi connectivity index (χ2n) is 5.97. The summed E-state index contributed by atoms with van der Waals surface area (Å²) in [5, 5.41) is 2.70. The van der Waals surface area contributed by atoms with Crippen molar-refractivity contribution in [3.05, 3.63) is 54.1 Å². The standard InChI is InChI=1S/C21H22F2N2O4/c1-4-28-19-13-15(5-11-18(19)29-21(22)23)6-12-20(27)24-16-7-9-17(10-8-16)25(3)14(2)26/h5-13,21H,4H2,1-3H3,(H,24,27)/b12-6+. The third-order valence-electron chi connectivity index (χ3n) is 3.91. The van der Waals surface area contributed by atoms with Gasteiger partial charge in [0, 0.05) is 31.4 Å². The number of carbonyl (C=O) groups excluding carboxylic acids is 2. The molecule has 0 spiro atoms. The van der Waals surface area contributed by atoms with Crippen molar-refractivity contribution in [2.24, 2.45) is 0 Å². The Balaban J connectivity index is 2.04. The first-order valence-electron chi connectivity index (χ1n) is 8.85. The van der Waals surface area contributed by atoms with Crippen LogP contribution in [0.1, 0.15) is 19.4 Å². The fourth-order valence-electron chi connectivity index (χ4n) is 2.40. The lowest BCUT2D eigenvalue weighted by atomic mass is 10.2. The number of hydrogen-bond donors (Lipinski definition) is 1. The van der Waals surface area contributed by atoms with Crippen LogP contribution < -0.4 is 19.7 Å².